The van der Waals surface area contributed by atoms with Crippen molar-refractivity contribution in [1.29, 1.82) is 0 Å². The maximum atomic E-state index is 12.0. The summed E-state index contributed by atoms with van der Waals surface area (Å²) in [6, 6.07) is 3.15. The van der Waals surface area contributed by atoms with E-state index in [-0.39, 0.29) is 11.9 Å². The second-order valence-corrected chi connectivity index (χ2v) is 5.11. The maximum Gasteiger partial charge on any atom is 0.287 e. The Bertz CT molecular complexity index is 588. The van der Waals surface area contributed by atoms with Crippen LogP contribution in [0.4, 0.5) is 0 Å². The molecule has 6 nitrogen and oxygen atoms in total. The molecule has 0 saturated carbocycles. The Hall–Kier alpha value is -2.11. The number of carbonyl (C=O) groups is 1. The molecule has 1 amide bonds. The first-order chi connectivity index (χ1) is 9.75. The fourth-order valence-electron chi connectivity index (χ4n) is 2.57. The fourth-order valence-corrected chi connectivity index (χ4v) is 2.57. The molecule has 0 bridgehead atoms. The first-order valence-electron chi connectivity index (χ1n) is 7.02. The fraction of sp³-hybridized carbons (Fsp3) is 0.500. The van der Waals surface area contributed by atoms with Crippen molar-refractivity contribution >= 4 is 5.91 Å². The summed E-state index contributed by atoms with van der Waals surface area (Å²) in [7, 11) is 0. The van der Waals surface area contributed by atoms with Gasteiger partial charge in [-0.2, -0.15) is 0 Å². The van der Waals surface area contributed by atoms with E-state index < -0.39 is 0 Å². The van der Waals surface area contributed by atoms with Crippen LogP contribution in [0.3, 0.4) is 0 Å². The summed E-state index contributed by atoms with van der Waals surface area (Å²) in [6.45, 7) is 2.85. The summed E-state index contributed by atoms with van der Waals surface area (Å²) >= 11 is 0. The average Bonchev–Trinajstić information content (AvgIpc) is 3.04. The van der Waals surface area contributed by atoms with E-state index in [0.717, 1.165) is 37.5 Å². The lowest BCUT2D eigenvalue weighted by Crippen LogP contribution is -2.28. The molecule has 1 atom stereocenters. The standard InChI is InChI=1S/C14H18N4O2/c1-10(15-14(19)11-6-5-9-20-11)13-17-16-12-7-3-2-4-8-18(12)13/h5-6,9-10H,2-4,7-8H2,1H3,(H,15,19)/t10-/m1/s1. The quantitative estimate of drug-likeness (QED) is 0.930. The van der Waals surface area contributed by atoms with Crippen LogP contribution in [0.1, 0.15) is 54.4 Å². The first-order valence-corrected chi connectivity index (χ1v) is 7.02. The number of rotatable bonds is 3. The van der Waals surface area contributed by atoms with Gasteiger partial charge in [0, 0.05) is 13.0 Å². The van der Waals surface area contributed by atoms with E-state index in [9.17, 15) is 4.79 Å². The van der Waals surface area contributed by atoms with Gasteiger partial charge in [0.15, 0.2) is 11.6 Å². The number of carbonyl (C=O) groups excluding carboxylic acids is 1. The molecule has 3 rings (SSSR count). The molecular formula is C14H18N4O2. The van der Waals surface area contributed by atoms with Gasteiger partial charge in [0.25, 0.3) is 5.91 Å². The summed E-state index contributed by atoms with van der Waals surface area (Å²) in [5.41, 5.74) is 0. The van der Waals surface area contributed by atoms with Crippen LogP contribution in [0.5, 0.6) is 0 Å². The minimum Gasteiger partial charge on any atom is -0.459 e. The van der Waals surface area contributed by atoms with Crippen molar-refractivity contribution in [3.8, 4) is 0 Å². The summed E-state index contributed by atoms with van der Waals surface area (Å²) < 4.78 is 7.23. The van der Waals surface area contributed by atoms with Crippen LogP contribution < -0.4 is 5.32 Å². The number of fused-ring (bicyclic) bond motifs is 1. The largest absolute Gasteiger partial charge is 0.459 e. The zero-order chi connectivity index (χ0) is 13.9. The molecule has 1 aliphatic heterocycles. The number of nitrogens with one attached hydrogen (secondary N) is 1. The Labute approximate surface area is 117 Å². The van der Waals surface area contributed by atoms with Crippen molar-refractivity contribution in [2.45, 2.75) is 45.2 Å². The Balaban J connectivity index is 1.76. The molecule has 1 aliphatic rings. The maximum absolute atomic E-state index is 12.0. The summed E-state index contributed by atoms with van der Waals surface area (Å²) in [5.74, 6) is 1.93. The lowest BCUT2D eigenvalue weighted by Gasteiger charge is -2.14. The topological polar surface area (TPSA) is 73.0 Å². The second kappa shape index (κ2) is 5.48. The van der Waals surface area contributed by atoms with Crippen molar-refractivity contribution in [3.63, 3.8) is 0 Å². The number of nitrogens with zero attached hydrogens (tertiary/aromatic N) is 3. The first kappa shape index (κ1) is 12.9. The molecule has 0 aromatic carbocycles. The molecule has 0 aliphatic carbocycles. The van der Waals surface area contributed by atoms with Gasteiger partial charge in [0.2, 0.25) is 0 Å². The third-order valence-electron chi connectivity index (χ3n) is 3.62. The van der Waals surface area contributed by atoms with Gasteiger partial charge >= 0.3 is 0 Å². The predicted octanol–water partition coefficient (Wildman–Crippen LogP) is 2.09. The van der Waals surface area contributed by atoms with Gasteiger partial charge in [-0.1, -0.05) is 6.42 Å². The third-order valence-corrected chi connectivity index (χ3v) is 3.62. The smallest absolute Gasteiger partial charge is 0.287 e. The average molecular weight is 274 g/mol. The Morgan fingerprint density at radius 2 is 2.30 bits per heavy atom. The van der Waals surface area contributed by atoms with E-state index in [0.29, 0.717) is 5.76 Å². The van der Waals surface area contributed by atoms with Gasteiger partial charge < -0.3 is 14.3 Å². The van der Waals surface area contributed by atoms with E-state index in [1.807, 2.05) is 6.92 Å². The third kappa shape index (κ3) is 2.45. The number of amides is 1. The second-order valence-electron chi connectivity index (χ2n) is 5.11. The van der Waals surface area contributed by atoms with Crippen LogP contribution in [0.25, 0.3) is 0 Å². The van der Waals surface area contributed by atoms with Crippen molar-refractivity contribution < 1.29 is 9.21 Å². The van der Waals surface area contributed by atoms with E-state index in [2.05, 4.69) is 20.1 Å². The van der Waals surface area contributed by atoms with Crippen molar-refractivity contribution in [1.82, 2.24) is 20.1 Å². The van der Waals surface area contributed by atoms with Gasteiger partial charge in [-0.05, 0) is 31.9 Å². The molecule has 20 heavy (non-hydrogen) atoms. The highest BCUT2D eigenvalue weighted by molar-refractivity contribution is 5.91. The number of hydrogen-bond donors (Lipinski definition) is 1. The molecule has 1 N–H and O–H groups in total. The van der Waals surface area contributed by atoms with Crippen LogP contribution in [-0.4, -0.2) is 20.7 Å². The molecule has 0 spiro atoms. The van der Waals surface area contributed by atoms with E-state index in [4.69, 9.17) is 4.42 Å². The predicted molar refractivity (Wildman–Crippen MR) is 72.2 cm³/mol. The molecule has 0 unspecified atom stereocenters. The van der Waals surface area contributed by atoms with Crippen LogP contribution in [0.2, 0.25) is 0 Å². The molecule has 0 fully saturated rings. The molecule has 0 saturated heterocycles. The van der Waals surface area contributed by atoms with Crippen molar-refractivity contribution in [2.24, 2.45) is 0 Å². The van der Waals surface area contributed by atoms with Gasteiger partial charge in [-0.15, -0.1) is 10.2 Å². The molecule has 6 heteroatoms. The van der Waals surface area contributed by atoms with E-state index in [1.54, 1.807) is 12.1 Å². The molecule has 2 aromatic rings. The van der Waals surface area contributed by atoms with E-state index >= 15 is 0 Å². The van der Waals surface area contributed by atoms with Gasteiger partial charge in [-0.3, -0.25) is 4.79 Å². The Kier molecular flexibility index (Phi) is 3.54. The lowest BCUT2D eigenvalue weighted by molar-refractivity contribution is 0.0909. The normalized spacial score (nSPS) is 16.2. The Morgan fingerprint density at radius 3 is 3.10 bits per heavy atom. The monoisotopic (exact) mass is 274 g/mol. The van der Waals surface area contributed by atoms with Gasteiger partial charge in [0.1, 0.15) is 5.82 Å². The van der Waals surface area contributed by atoms with Gasteiger partial charge in [-0.25, -0.2) is 0 Å². The highest BCUT2D eigenvalue weighted by Gasteiger charge is 2.21. The summed E-state index contributed by atoms with van der Waals surface area (Å²) in [6.07, 6.45) is 5.96. The SMILES string of the molecule is C[C@@H](NC(=O)c1ccco1)c1nnc2n1CCCCC2. The molecule has 2 aromatic heterocycles. The molecule has 0 radical (unpaired) electrons. The molecular weight excluding hydrogens is 256 g/mol. The lowest BCUT2D eigenvalue weighted by atomic mass is 10.2. The van der Waals surface area contributed by atoms with Crippen molar-refractivity contribution in [3.05, 3.63) is 35.8 Å². The number of aryl methyl sites for hydroxylation is 1. The number of aromatic nitrogens is 3. The minimum atomic E-state index is -0.228. The highest BCUT2D eigenvalue weighted by Crippen LogP contribution is 2.18. The van der Waals surface area contributed by atoms with Gasteiger partial charge in [0.05, 0.1) is 12.3 Å². The Morgan fingerprint density at radius 1 is 1.40 bits per heavy atom. The molecule has 3 heterocycles. The van der Waals surface area contributed by atoms with Crippen LogP contribution in [0.15, 0.2) is 22.8 Å². The van der Waals surface area contributed by atoms with Crippen LogP contribution >= 0.6 is 0 Å². The zero-order valence-corrected chi connectivity index (χ0v) is 11.5. The van der Waals surface area contributed by atoms with Crippen LogP contribution in [-0.2, 0) is 13.0 Å². The van der Waals surface area contributed by atoms with Crippen LogP contribution in [0, 0.1) is 0 Å². The van der Waals surface area contributed by atoms with Crippen molar-refractivity contribution in [2.75, 3.05) is 0 Å². The molecule has 106 valence electrons. The number of furan rings is 1. The van der Waals surface area contributed by atoms with E-state index in [1.165, 1.54) is 12.7 Å². The minimum absolute atomic E-state index is 0.188. The zero-order valence-electron chi connectivity index (χ0n) is 11.5. The highest BCUT2D eigenvalue weighted by atomic mass is 16.3. The summed E-state index contributed by atoms with van der Waals surface area (Å²) in [4.78, 5) is 12.0. The number of hydrogen-bond acceptors (Lipinski definition) is 4. The summed E-state index contributed by atoms with van der Waals surface area (Å²) in [5, 5.41) is 11.4.